The molecule has 0 aliphatic heterocycles. The summed E-state index contributed by atoms with van der Waals surface area (Å²) in [6.45, 7) is 0. The van der Waals surface area contributed by atoms with E-state index in [1.807, 2.05) is 30.3 Å². The zero-order valence-electron chi connectivity index (χ0n) is 11.2. The minimum absolute atomic E-state index is 0.170. The Bertz CT molecular complexity index is 748. The van der Waals surface area contributed by atoms with Crippen molar-refractivity contribution in [3.05, 3.63) is 66.4 Å². The van der Waals surface area contributed by atoms with Gasteiger partial charge in [0.2, 0.25) is 0 Å². The van der Waals surface area contributed by atoms with E-state index in [-0.39, 0.29) is 5.91 Å². The van der Waals surface area contributed by atoms with Crippen LogP contribution in [0.1, 0.15) is 10.4 Å². The lowest BCUT2D eigenvalue weighted by molar-refractivity contribution is 0.102. The predicted octanol–water partition coefficient (Wildman–Crippen LogP) is 2.91. The second kappa shape index (κ2) is 5.50. The molecule has 2 aromatic carbocycles. The summed E-state index contributed by atoms with van der Waals surface area (Å²) in [6.07, 6.45) is 1.69. The number of carbonyl (C=O) groups excluding carboxylic acids is 1. The molecule has 0 saturated heterocycles. The molecule has 0 radical (unpaired) electrons. The molecule has 21 heavy (non-hydrogen) atoms. The van der Waals surface area contributed by atoms with Gasteiger partial charge in [-0.15, -0.1) is 0 Å². The molecule has 1 heterocycles. The molecular weight excluding hydrogens is 264 g/mol. The van der Waals surface area contributed by atoms with Crippen molar-refractivity contribution in [2.24, 2.45) is 0 Å². The van der Waals surface area contributed by atoms with E-state index in [1.165, 1.54) is 0 Å². The van der Waals surface area contributed by atoms with Gasteiger partial charge in [-0.3, -0.25) is 9.89 Å². The average molecular weight is 278 g/mol. The number of benzene rings is 2. The molecule has 1 amide bonds. The Balaban J connectivity index is 1.80. The molecule has 0 aliphatic rings. The fourth-order valence-corrected chi connectivity index (χ4v) is 2.02. The Morgan fingerprint density at radius 1 is 1.10 bits per heavy atom. The van der Waals surface area contributed by atoms with Crippen molar-refractivity contribution in [1.29, 1.82) is 0 Å². The number of carbonyl (C=O) groups is 1. The summed E-state index contributed by atoms with van der Waals surface area (Å²) >= 11 is 0. The quantitative estimate of drug-likeness (QED) is 0.644. The van der Waals surface area contributed by atoms with Crippen LogP contribution in [-0.2, 0) is 0 Å². The Hall–Kier alpha value is -3.08. The lowest BCUT2D eigenvalue weighted by atomic mass is 10.1. The monoisotopic (exact) mass is 278 g/mol. The Kier molecular flexibility index (Phi) is 3.39. The fraction of sp³-hybridized carbons (Fsp3) is 0. The van der Waals surface area contributed by atoms with Crippen LogP contribution in [-0.4, -0.2) is 16.1 Å². The van der Waals surface area contributed by atoms with Crippen LogP contribution in [0.2, 0.25) is 0 Å². The molecule has 0 aliphatic carbocycles. The number of aromatic nitrogens is 2. The van der Waals surface area contributed by atoms with Crippen molar-refractivity contribution in [2.45, 2.75) is 0 Å². The summed E-state index contributed by atoms with van der Waals surface area (Å²) in [4.78, 5) is 12.2. The zero-order chi connectivity index (χ0) is 14.7. The summed E-state index contributed by atoms with van der Waals surface area (Å²) in [5.41, 5.74) is 9.40. The van der Waals surface area contributed by atoms with E-state index in [0.717, 1.165) is 16.9 Å². The van der Waals surface area contributed by atoms with E-state index >= 15 is 0 Å². The highest BCUT2D eigenvalue weighted by Gasteiger charge is 2.07. The van der Waals surface area contributed by atoms with Gasteiger partial charge in [-0.1, -0.05) is 12.1 Å². The first-order valence-corrected chi connectivity index (χ1v) is 6.49. The van der Waals surface area contributed by atoms with Crippen molar-refractivity contribution in [2.75, 3.05) is 11.1 Å². The van der Waals surface area contributed by atoms with Gasteiger partial charge < -0.3 is 11.1 Å². The number of nitrogens with zero attached hydrogens (tertiary/aromatic N) is 1. The number of anilines is 2. The SMILES string of the molecule is Nc1ccc(C(=O)Nc2cccc(-c3ccn[nH]3)c2)cc1. The number of rotatable bonds is 3. The topological polar surface area (TPSA) is 83.8 Å². The first-order valence-electron chi connectivity index (χ1n) is 6.49. The summed E-state index contributed by atoms with van der Waals surface area (Å²) in [5.74, 6) is -0.170. The number of aromatic amines is 1. The minimum Gasteiger partial charge on any atom is -0.399 e. The Morgan fingerprint density at radius 2 is 1.90 bits per heavy atom. The van der Waals surface area contributed by atoms with Crippen LogP contribution >= 0.6 is 0 Å². The molecule has 0 spiro atoms. The van der Waals surface area contributed by atoms with Gasteiger partial charge in [-0.2, -0.15) is 5.10 Å². The van der Waals surface area contributed by atoms with Crippen LogP contribution in [0.5, 0.6) is 0 Å². The third-order valence-corrected chi connectivity index (χ3v) is 3.11. The van der Waals surface area contributed by atoms with Crippen LogP contribution in [0, 0.1) is 0 Å². The average Bonchev–Trinajstić information content (AvgIpc) is 3.02. The van der Waals surface area contributed by atoms with E-state index in [2.05, 4.69) is 15.5 Å². The number of nitrogen functional groups attached to an aromatic ring is 1. The van der Waals surface area contributed by atoms with E-state index in [9.17, 15) is 4.79 Å². The number of H-pyrrole nitrogens is 1. The molecule has 0 saturated carbocycles. The number of hydrogen-bond donors (Lipinski definition) is 3. The van der Waals surface area contributed by atoms with E-state index in [4.69, 9.17) is 5.73 Å². The van der Waals surface area contributed by atoms with Crippen molar-refractivity contribution < 1.29 is 4.79 Å². The van der Waals surface area contributed by atoms with Crippen LogP contribution in [0.3, 0.4) is 0 Å². The Morgan fingerprint density at radius 3 is 2.62 bits per heavy atom. The smallest absolute Gasteiger partial charge is 0.255 e. The number of nitrogens with one attached hydrogen (secondary N) is 2. The molecular formula is C16H14N4O. The lowest BCUT2D eigenvalue weighted by Gasteiger charge is -2.07. The van der Waals surface area contributed by atoms with E-state index in [0.29, 0.717) is 11.3 Å². The second-order valence-electron chi connectivity index (χ2n) is 4.63. The second-order valence-corrected chi connectivity index (χ2v) is 4.63. The summed E-state index contributed by atoms with van der Waals surface area (Å²) in [7, 11) is 0. The normalized spacial score (nSPS) is 10.3. The molecule has 0 unspecified atom stereocenters. The van der Waals surface area contributed by atoms with Crippen molar-refractivity contribution >= 4 is 17.3 Å². The summed E-state index contributed by atoms with van der Waals surface area (Å²) in [6, 6.07) is 16.2. The van der Waals surface area contributed by atoms with Gasteiger partial charge in [0.05, 0.1) is 5.69 Å². The van der Waals surface area contributed by atoms with Crippen LogP contribution in [0.4, 0.5) is 11.4 Å². The third kappa shape index (κ3) is 2.92. The van der Waals surface area contributed by atoms with Gasteiger partial charge in [-0.05, 0) is 42.5 Å². The maximum Gasteiger partial charge on any atom is 0.255 e. The molecule has 104 valence electrons. The van der Waals surface area contributed by atoms with Crippen LogP contribution < -0.4 is 11.1 Å². The molecule has 4 N–H and O–H groups in total. The highest BCUT2D eigenvalue weighted by molar-refractivity contribution is 6.04. The zero-order valence-corrected chi connectivity index (χ0v) is 11.2. The number of amides is 1. The standard InChI is InChI=1S/C16H14N4O/c17-13-6-4-11(5-7-13)16(21)19-14-3-1-2-12(10-14)15-8-9-18-20-15/h1-10H,17H2,(H,18,20)(H,19,21). The van der Waals surface area contributed by atoms with Gasteiger partial charge in [0.1, 0.15) is 0 Å². The minimum atomic E-state index is -0.170. The molecule has 5 heteroatoms. The van der Waals surface area contributed by atoms with Gasteiger partial charge in [-0.25, -0.2) is 0 Å². The molecule has 1 aromatic heterocycles. The molecule has 3 aromatic rings. The largest absolute Gasteiger partial charge is 0.399 e. The van der Waals surface area contributed by atoms with Gasteiger partial charge in [0, 0.05) is 28.7 Å². The maximum atomic E-state index is 12.2. The van der Waals surface area contributed by atoms with Crippen molar-refractivity contribution in [1.82, 2.24) is 10.2 Å². The molecule has 0 bridgehead atoms. The first-order chi connectivity index (χ1) is 10.2. The molecule has 3 rings (SSSR count). The van der Waals surface area contributed by atoms with E-state index < -0.39 is 0 Å². The maximum absolute atomic E-state index is 12.2. The summed E-state index contributed by atoms with van der Waals surface area (Å²) in [5, 5.41) is 9.68. The van der Waals surface area contributed by atoms with Crippen LogP contribution in [0.15, 0.2) is 60.8 Å². The molecule has 0 atom stereocenters. The molecule has 5 nitrogen and oxygen atoms in total. The van der Waals surface area contributed by atoms with Crippen molar-refractivity contribution in [3.63, 3.8) is 0 Å². The fourth-order valence-electron chi connectivity index (χ4n) is 2.02. The summed E-state index contributed by atoms with van der Waals surface area (Å²) < 4.78 is 0. The highest BCUT2D eigenvalue weighted by atomic mass is 16.1. The number of nitrogens with two attached hydrogens (primary N) is 1. The van der Waals surface area contributed by atoms with E-state index in [1.54, 1.807) is 30.5 Å². The number of hydrogen-bond acceptors (Lipinski definition) is 3. The third-order valence-electron chi connectivity index (χ3n) is 3.11. The molecule has 0 fully saturated rings. The van der Waals surface area contributed by atoms with Gasteiger partial charge in [0.25, 0.3) is 5.91 Å². The van der Waals surface area contributed by atoms with Crippen LogP contribution in [0.25, 0.3) is 11.3 Å². The van der Waals surface area contributed by atoms with Crippen molar-refractivity contribution in [3.8, 4) is 11.3 Å². The predicted molar refractivity (Wildman–Crippen MR) is 82.8 cm³/mol. The first kappa shape index (κ1) is 12.9. The highest BCUT2D eigenvalue weighted by Crippen LogP contribution is 2.20. The van der Waals surface area contributed by atoms with Gasteiger partial charge in [0.15, 0.2) is 0 Å². The lowest BCUT2D eigenvalue weighted by Crippen LogP contribution is -2.11. The van der Waals surface area contributed by atoms with Gasteiger partial charge >= 0.3 is 0 Å². The Labute approximate surface area is 121 Å².